The van der Waals surface area contributed by atoms with E-state index in [-0.39, 0.29) is 11.3 Å². The smallest absolute Gasteiger partial charge is 0.405 e. The van der Waals surface area contributed by atoms with Gasteiger partial charge >= 0.3 is 6.36 Å². The molecule has 0 heterocycles. The number of hydrogen-bond donors (Lipinski definition) is 1. The first-order valence-electron chi connectivity index (χ1n) is 4.27. The highest BCUT2D eigenvalue weighted by Crippen LogP contribution is 2.32. The van der Waals surface area contributed by atoms with E-state index in [1.165, 1.54) is 24.3 Å². The van der Waals surface area contributed by atoms with Crippen LogP contribution in [-0.4, -0.2) is 6.36 Å². The van der Waals surface area contributed by atoms with Crippen molar-refractivity contribution in [2.24, 2.45) is 5.73 Å². The minimum atomic E-state index is -4.73. The van der Waals surface area contributed by atoms with Crippen LogP contribution in [0.1, 0.15) is 11.6 Å². The standard InChI is InChI=1S/C10H9BrF3NO/c1-2-8(15)7-5-6(11)3-4-9(7)16-10(12,13)14/h2-5,8H,1,15H2/t8-/m0/s1. The van der Waals surface area contributed by atoms with Crippen LogP contribution in [0.4, 0.5) is 13.2 Å². The highest BCUT2D eigenvalue weighted by molar-refractivity contribution is 9.10. The molecule has 0 spiro atoms. The second kappa shape index (κ2) is 4.88. The Balaban J connectivity index is 3.12. The van der Waals surface area contributed by atoms with E-state index < -0.39 is 12.4 Å². The first-order valence-corrected chi connectivity index (χ1v) is 5.06. The fourth-order valence-corrected chi connectivity index (χ4v) is 1.50. The molecule has 0 aromatic heterocycles. The van der Waals surface area contributed by atoms with Gasteiger partial charge in [-0.2, -0.15) is 0 Å². The molecule has 0 radical (unpaired) electrons. The predicted octanol–water partition coefficient (Wildman–Crippen LogP) is 3.53. The molecule has 0 saturated heterocycles. The van der Waals surface area contributed by atoms with Crippen molar-refractivity contribution in [1.29, 1.82) is 0 Å². The zero-order chi connectivity index (χ0) is 12.3. The van der Waals surface area contributed by atoms with Gasteiger partial charge in [-0.05, 0) is 18.2 Å². The van der Waals surface area contributed by atoms with Crippen molar-refractivity contribution in [2.75, 3.05) is 0 Å². The summed E-state index contributed by atoms with van der Waals surface area (Å²) in [5, 5.41) is 0. The molecule has 0 bridgehead atoms. The van der Waals surface area contributed by atoms with Gasteiger partial charge in [0.05, 0.1) is 6.04 Å². The van der Waals surface area contributed by atoms with Crippen LogP contribution in [0, 0.1) is 0 Å². The maximum absolute atomic E-state index is 12.1. The van der Waals surface area contributed by atoms with Crippen molar-refractivity contribution in [1.82, 2.24) is 0 Å². The van der Waals surface area contributed by atoms with E-state index in [9.17, 15) is 13.2 Å². The third-order valence-electron chi connectivity index (χ3n) is 1.81. The topological polar surface area (TPSA) is 35.2 Å². The SMILES string of the molecule is C=C[C@H](N)c1cc(Br)ccc1OC(F)(F)F. The van der Waals surface area contributed by atoms with E-state index in [0.717, 1.165) is 0 Å². The third-order valence-corrected chi connectivity index (χ3v) is 2.30. The predicted molar refractivity (Wildman–Crippen MR) is 58.0 cm³/mol. The van der Waals surface area contributed by atoms with Gasteiger partial charge in [-0.25, -0.2) is 0 Å². The lowest BCUT2D eigenvalue weighted by Gasteiger charge is -2.16. The quantitative estimate of drug-likeness (QED) is 0.866. The molecule has 2 nitrogen and oxygen atoms in total. The summed E-state index contributed by atoms with van der Waals surface area (Å²) in [6.07, 6.45) is -3.39. The summed E-state index contributed by atoms with van der Waals surface area (Å²) in [5.41, 5.74) is 5.82. The van der Waals surface area contributed by atoms with Crippen LogP contribution < -0.4 is 10.5 Å². The van der Waals surface area contributed by atoms with E-state index in [2.05, 4.69) is 27.2 Å². The fraction of sp³-hybridized carbons (Fsp3) is 0.200. The Bertz CT molecular complexity index is 392. The highest BCUT2D eigenvalue weighted by atomic mass is 79.9. The molecule has 0 aliphatic rings. The van der Waals surface area contributed by atoms with Crippen LogP contribution >= 0.6 is 15.9 Å². The van der Waals surface area contributed by atoms with Crippen LogP contribution in [0.2, 0.25) is 0 Å². The summed E-state index contributed by atoms with van der Waals surface area (Å²) in [7, 11) is 0. The zero-order valence-corrected chi connectivity index (χ0v) is 9.68. The zero-order valence-electron chi connectivity index (χ0n) is 8.09. The monoisotopic (exact) mass is 295 g/mol. The van der Waals surface area contributed by atoms with Crippen molar-refractivity contribution in [2.45, 2.75) is 12.4 Å². The molecule has 1 rings (SSSR count). The minimum Gasteiger partial charge on any atom is -0.405 e. The molecule has 6 heteroatoms. The second-order valence-corrected chi connectivity index (χ2v) is 3.91. The van der Waals surface area contributed by atoms with Crippen molar-refractivity contribution in [3.63, 3.8) is 0 Å². The molecule has 0 amide bonds. The largest absolute Gasteiger partial charge is 0.573 e. The van der Waals surface area contributed by atoms with Gasteiger partial charge in [0.15, 0.2) is 0 Å². The molecule has 1 aromatic carbocycles. The van der Waals surface area contributed by atoms with E-state index in [4.69, 9.17) is 5.73 Å². The molecule has 0 aliphatic heterocycles. The van der Waals surface area contributed by atoms with Crippen LogP contribution in [0.25, 0.3) is 0 Å². The minimum absolute atomic E-state index is 0.224. The lowest BCUT2D eigenvalue weighted by Crippen LogP contribution is -2.19. The molecule has 0 aliphatic carbocycles. The molecular formula is C10H9BrF3NO. The summed E-state index contributed by atoms with van der Waals surface area (Å²) in [6, 6.07) is 3.40. The van der Waals surface area contributed by atoms with Gasteiger partial charge in [-0.3, -0.25) is 0 Å². The Morgan fingerprint density at radius 2 is 2.06 bits per heavy atom. The van der Waals surface area contributed by atoms with Crippen LogP contribution in [0.5, 0.6) is 5.75 Å². The van der Waals surface area contributed by atoms with Crippen LogP contribution in [0.15, 0.2) is 35.3 Å². The summed E-state index contributed by atoms with van der Waals surface area (Å²) in [6.45, 7) is 3.43. The number of hydrogen-bond acceptors (Lipinski definition) is 2. The van der Waals surface area contributed by atoms with Crippen LogP contribution in [0.3, 0.4) is 0 Å². The second-order valence-electron chi connectivity index (χ2n) is 2.99. The van der Waals surface area contributed by atoms with Crippen molar-refractivity contribution < 1.29 is 17.9 Å². The van der Waals surface area contributed by atoms with Gasteiger partial charge < -0.3 is 10.5 Å². The maximum Gasteiger partial charge on any atom is 0.573 e. The molecule has 16 heavy (non-hydrogen) atoms. The average Bonchev–Trinajstić information content (AvgIpc) is 2.17. The molecule has 2 N–H and O–H groups in total. The first-order chi connectivity index (χ1) is 7.33. The summed E-state index contributed by atoms with van der Waals surface area (Å²) < 4.78 is 40.7. The average molecular weight is 296 g/mol. The number of nitrogens with two attached hydrogens (primary N) is 1. The van der Waals surface area contributed by atoms with E-state index in [1.807, 2.05) is 0 Å². The summed E-state index contributed by atoms with van der Waals surface area (Å²) in [4.78, 5) is 0. The van der Waals surface area contributed by atoms with Gasteiger partial charge in [0.2, 0.25) is 0 Å². The molecule has 0 fully saturated rings. The fourth-order valence-electron chi connectivity index (χ4n) is 1.12. The van der Waals surface area contributed by atoms with E-state index in [1.54, 1.807) is 0 Å². The Kier molecular flexibility index (Phi) is 3.98. The Hall–Kier alpha value is -1.01. The maximum atomic E-state index is 12.1. The number of benzene rings is 1. The lowest BCUT2D eigenvalue weighted by atomic mass is 10.1. The van der Waals surface area contributed by atoms with Gasteiger partial charge in [0, 0.05) is 10.0 Å². The van der Waals surface area contributed by atoms with Gasteiger partial charge in [0.25, 0.3) is 0 Å². The molecule has 88 valence electrons. The van der Waals surface area contributed by atoms with Gasteiger partial charge in [-0.1, -0.05) is 22.0 Å². The Morgan fingerprint density at radius 3 is 2.56 bits per heavy atom. The molecule has 1 atom stereocenters. The Labute approximate surface area is 99.0 Å². The van der Waals surface area contributed by atoms with Crippen molar-refractivity contribution >= 4 is 15.9 Å². The summed E-state index contributed by atoms with van der Waals surface area (Å²) >= 11 is 3.15. The van der Waals surface area contributed by atoms with E-state index >= 15 is 0 Å². The summed E-state index contributed by atoms with van der Waals surface area (Å²) in [5.74, 6) is -0.317. The third kappa shape index (κ3) is 3.53. The molecule has 0 unspecified atom stereocenters. The molecule has 1 aromatic rings. The van der Waals surface area contributed by atoms with E-state index in [0.29, 0.717) is 4.47 Å². The highest BCUT2D eigenvalue weighted by Gasteiger charge is 2.32. The van der Waals surface area contributed by atoms with Crippen LogP contribution in [-0.2, 0) is 0 Å². The first kappa shape index (κ1) is 13.1. The molecular weight excluding hydrogens is 287 g/mol. The van der Waals surface area contributed by atoms with Crippen molar-refractivity contribution in [3.8, 4) is 5.75 Å². The number of ether oxygens (including phenoxy) is 1. The number of halogens is 4. The van der Waals surface area contributed by atoms with Crippen molar-refractivity contribution in [3.05, 3.63) is 40.9 Å². The lowest BCUT2D eigenvalue weighted by molar-refractivity contribution is -0.274. The number of alkyl halides is 3. The number of rotatable bonds is 3. The van der Waals surface area contributed by atoms with Gasteiger partial charge in [-0.15, -0.1) is 19.8 Å². The molecule has 0 saturated carbocycles. The Morgan fingerprint density at radius 1 is 1.44 bits per heavy atom. The normalized spacial score (nSPS) is 13.3. The van der Waals surface area contributed by atoms with Gasteiger partial charge in [0.1, 0.15) is 5.75 Å².